The summed E-state index contributed by atoms with van der Waals surface area (Å²) in [6.45, 7) is 3.12. The Labute approximate surface area is 81.5 Å². The molecular weight excluding hydrogens is 202 g/mol. The lowest BCUT2D eigenvalue weighted by molar-refractivity contribution is 0.593. The van der Waals surface area contributed by atoms with Crippen LogP contribution < -0.4 is 5.73 Å². The van der Waals surface area contributed by atoms with E-state index >= 15 is 0 Å². The van der Waals surface area contributed by atoms with Crippen molar-refractivity contribution in [2.45, 2.75) is 51.9 Å². The first-order valence-corrected chi connectivity index (χ1v) is 4.62. The highest BCUT2D eigenvalue weighted by molar-refractivity contribution is 8.93. The highest BCUT2D eigenvalue weighted by Crippen LogP contribution is 2.05. The van der Waals surface area contributed by atoms with Crippen molar-refractivity contribution in [1.82, 2.24) is 0 Å². The first-order valence-electron chi connectivity index (χ1n) is 4.62. The van der Waals surface area contributed by atoms with E-state index in [4.69, 9.17) is 5.73 Å². The average molecular weight is 224 g/mol. The summed E-state index contributed by atoms with van der Waals surface area (Å²) in [5.74, 6) is 0. The third kappa shape index (κ3) is 13.4. The smallest absolute Gasteiger partial charge is 0.00773 e. The maximum absolute atomic E-state index is 5.37. The second kappa shape index (κ2) is 13.1. The zero-order valence-electron chi connectivity index (χ0n) is 7.64. The third-order valence-corrected chi connectivity index (χ3v) is 1.81. The summed E-state index contributed by atoms with van der Waals surface area (Å²) >= 11 is 0. The van der Waals surface area contributed by atoms with Gasteiger partial charge in [0.05, 0.1) is 0 Å². The minimum atomic E-state index is 0. The van der Waals surface area contributed by atoms with Crippen LogP contribution in [0.25, 0.3) is 0 Å². The predicted octanol–water partition coefficient (Wildman–Crippen LogP) is 3.27. The van der Waals surface area contributed by atoms with Crippen LogP contribution in [0.4, 0.5) is 0 Å². The summed E-state index contributed by atoms with van der Waals surface area (Å²) in [6, 6.07) is 0. The molecule has 0 rings (SSSR count). The van der Waals surface area contributed by atoms with Gasteiger partial charge in [0, 0.05) is 0 Å². The van der Waals surface area contributed by atoms with E-state index in [0.29, 0.717) is 0 Å². The summed E-state index contributed by atoms with van der Waals surface area (Å²) in [5.41, 5.74) is 5.37. The van der Waals surface area contributed by atoms with E-state index in [1.165, 1.54) is 44.9 Å². The quantitative estimate of drug-likeness (QED) is 0.660. The molecule has 0 amide bonds. The Morgan fingerprint density at radius 2 is 1.27 bits per heavy atom. The molecular formula is C9H22BrN. The maximum atomic E-state index is 5.37. The molecule has 2 heteroatoms. The van der Waals surface area contributed by atoms with E-state index in [9.17, 15) is 0 Å². The minimum absolute atomic E-state index is 0. The summed E-state index contributed by atoms with van der Waals surface area (Å²) in [6.07, 6.45) is 9.51. The number of unbranched alkanes of at least 4 members (excludes halogenated alkanes) is 6. The molecule has 0 atom stereocenters. The molecule has 0 saturated heterocycles. The van der Waals surface area contributed by atoms with Gasteiger partial charge in [-0.3, -0.25) is 0 Å². The Morgan fingerprint density at radius 1 is 0.818 bits per heavy atom. The van der Waals surface area contributed by atoms with E-state index in [0.717, 1.165) is 6.54 Å². The van der Waals surface area contributed by atoms with Crippen molar-refractivity contribution >= 4 is 17.0 Å². The number of hydrogen-bond acceptors (Lipinski definition) is 1. The zero-order chi connectivity index (χ0) is 7.66. The van der Waals surface area contributed by atoms with Crippen LogP contribution in [0.1, 0.15) is 51.9 Å². The van der Waals surface area contributed by atoms with E-state index in [2.05, 4.69) is 6.92 Å². The van der Waals surface area contributed by atoms with Gasteiger partial charge < -0.3 is 5.73 Å². The Morgan fingerprint density at radius 3 is 1.73 bits per heavy atom. The molecule has 0 fully saturated rings. The normalized spacial score (nSPS) is 9.27. The van der Waals surface area contributed by atoms with E-state index in [1.54, 1.807) is 0 Å². The molecule has 0 unspecified atom stereocenters. The molecule has 0 aromatic rings. The Hall–Kier alpha value is 0.440. The van der Waals surface area contributed by atoms with E-state index < -0.39 is 0 Å². The lowest BCUT2D eigenvalue weighted by Crippen LogP contribution is -1.97. The molecule has 0 aliphatic carbocycles. The van der Waals surface area contributed by atoms with Gasteiger partial charge in [-0.25, -0.2) is 0 Å². The summed E-state index contributed by atoms with van der Waals surface area (Å²) in [4.78, 5) is 0. The molecule has 0 bridgehead atoms. The standard InChI is InChI=1S/C9H21N.BrH/c1-2-3-4-5-6-7-8-9-10;/h2-10H2,1H3;1H. The fourth-order valence-corrected chi connectivity index (χ4v) is 1.10. The van der Waals surface area contributed by atoms with E-state index in [-0.39, 0.29) is 17.0 Å². The van der Waals surface area contributed by atoms with Crippen LogP contribution in [0, 0.1) is 0 Å². The van der Waals surface area contributed by atoms with Gasteiger partial charge in [-0.15, -0.1) is 17.0 Å². The number of rotatable bonds is 7. The van der Waals surface area contributed by atoms with Crippen molar-refractivity contribution in [1.29, 1.82) is 0 Å². The van der Waals surface area contributed by atoms with Crippen molar-refractivity contribution < 1.29 is 0 Å². The fraction of sp³-hybridized carbons (Fsp3) is 1.00. The van der Waals surface area contributed by atoms with Crippen LogP contribution >= 0.6 is 17.0 Å². The molecule has 0 aromatic heterocycles. The molecule has 1 nitrogen and oxygen atoms in total. The summed E-state index contributed by atoms with van der Waals surface area (Å²) < 4.78 is 0. The topological polar surface area (TPSA) is 26.0 Å². The molecule has 0 aliphatic heterocycles. The SMILES string of the molecule is Br.CCCCCCCCCN. The second-order valence-electron chi connectivity index (χ2n) is 2.91. The number of halogens is 1. The molecule has 0 saturated carbocycles. The molecule has 0 heterocycles. The van der Waals surface area contributed by atoms with Gasteiger partial charge in [0.1, 0.15) is 0 Å². The Kier molecular flexibility index (Phi) is 16.6. The fourth-order valence-electron chi connectivity index (χ4n) is 1.10. The summed E-state index contributed by atoms with van der Waals surface area (Å²) in [7, 11) is 0. The van der Waals surface area contributed by atoms with E-state index in [1.807, 2.05) is 0 Å². The van der Waals surface area contributed by atoms with Crippen LogP contribution in [0.3, 0.4) is 0 Å². The molecule has 11 heavy (non-hydrogen) atoms. The van der Waals surface area contributed by atoms with Crippen molar-refractivity contribution in [2.24, 2.45) is 5.73 Å². The predicted molar refractivity (Wildman–Crippen MR) is 57.4 cm³/mol. The molecule has 0 aromatic carbocycles. The molecule has 0 spiro atoms. The van der Waals surface area contributed by atoms with Crippen molar-refractivity contribution in [2.75, 3.05) is 6.54 Å². The number of hydrogen-bond donors (Lipinski definition) is 1. The minimum Gasteiger partial charge on any atom is -0.330 e. The summed E-state index contributed by atoms with van der Waals surface area (Å²) in [5, 5.41) is 0. The van der Waals surface area contributed by atoms with Gasteiger partial charge in [-0.1, -0.05) is 45.4 Å². The van der Waals surface area contributed by atoms with Crippen LogP contribution in [-0.4, -0.2) is 6.54 Å². The highest BCUT2D eigenvalue weighted by Gasteiger charge is 1.87. The van der Waals surface area contributed by atoms with Crippen molar-refractivity contribution in [3.05, 3.63) is 0 Å². The lowest BCUT2D eigenvalue weighted by atomic mass is 10.1. The lowest BCUT2D eigenvalue weighted by Gasteiger charge is -1.97. The van der Waals surface area contributed by atoms with Crippen LogP contribution in [0.2, 0.25) is 0 Å². The first kappa shape index (κ1) is 14.0. The van der Waals surface area contributed by atoms with Crippen LogP contribution in [-0.2, 0) is 0 Å². The van der Waals surface area contributed by atoms with Gasteiger partial charge >= 0.3 is 0 Å². The van der Waals surface area contributed by atoms with Crippen molar-refractivity contribution in [3.63, 3.8) is 0 Å². The monoisotopic (exact) mass is 223 g/mol. The largest absolute Gasteiger partial charge is 0.330 e. The van der Waals surface area contributed by atoms with Gasteiger partial charge in [-0.05, 0) is 13.0 Å². The maximum Gasteiger partial charge on any atom is -0.00773 e. The second-order valence-corrected chi connectivity index (χ2v) is 2.91. The average Bonchev–Trinajstić information content (AvgIpc) is 1.97. The molecule has 2 N–H and O–H groups in total. The van der Waals surface area contributed by atoms with Crippen molar-refractivity contribution in [3.8, 4) is 0 Å². The first-order chi connectivity index (χ1) is 4.91. The van der Waals surface area contributed by atoms with Crippen LogP contribution in [0.5, 0.6) is 0 Å². The Balaban J connectivity index is 0. The Bertz CT molecular complexity index is 49.5. The highest BCUT2D eigenvalue weighted by atomic mass is 79.9. The zero-order valence-corrected chi connectivity index (χ0v) is 9.36. The van der Waals surface area contributed by atoms with Gasteiger partial charge in [0.2, 0.25) is 0 Å². The molecule has 0 aliphatic rings. The van der Waals surface area contributed by atoms with Gasteiger partial charge in [0.25, 0.3) is 0 Å². The molecule has 0 radical (unpaired) electrons. The third-order valence-electron chi connectivity index (χ3n) is 1.81. The molecule has 70 valence electrons. The van der Waals surface area contributed by atoms with Gasteiger partial charge in [0.15, 0.2) is 0 Å². The van der Waals surface area contributed by atoms with Gasteiger partial charge in [-0.2, -0.15) is 0 Å². The van der Waals surface area contributed by atoms with Crippen LogP contribution in [0.15, 0.2) is 0 Å². The number of nitrogens with two attached hydrogens (primary N) is 1.